The molecule has 2 aromatic carbocycles. The van der Waals surface area contributed by atoms with Gasteiger partial charge in [0.15, 0.2) is 6.29 Å². The molecule has 0 atom stereocenters. The zero-order chi connectivity index (χ0) is 37.8. The number of aliphatic carboxylic acids is 1. The third kappa shape index (κ3) is 12.1. The minimum absolute atomic E-state index is 0.00331. The number of carbonyl (C=O) groups is 3. The van der Waals surface area contributed by atoms with Gasteiger partial charge in [-0.1, -0.05) is 12.1 Å². The number of nitrogens with one attached hydrogen (secondary N) is 1. The van der Waals surface area contributed by atoms with Crippen LogP contribution in [-0.4, -0.2) is 94.6 Å². The van der Waals surface area contributed by atoms with Gasteiger partial charge in [-0.2, -0.15) is 26.3 Å². The summed E-state index contributed by atoms with van der Waals surface area (Å²) in [5.41, 5.74) is 2.49. The third-order valence-corrected chi connectivity index (χ3v) is 7.50. The van der Waals surface area contributed by atoms with E-state index in [4.69, 9.17) is 14.6 Å². The molecule has 2 aliphatic rings. The molecule has 1 amide bonds. The molecular weight excluding hydrogens is 679 g/mol. The maximum atomic E-state index is 14.2. The molecule has 2 aromatic rings. The number of morpholine rings is 1. The number of aryl methyl sites for hydroxylation is 2. The number of rotatable bonds is 8. The predicted octanol–water partition coefficient (Wildman–Crippen LogP) is 6.26. The molecule has 0 bridgehead atoms. The Kier molecular flexibility index (Phi) is 15.8. The molecule has 1 saturated heterocycles. The molecular formula is C34H40F7N3O6. The van der Waals surface area contributed by atoms with Gasteiger partial charge in [0.2, 0.25) is 0 Å². The number of carboxylic acid groups (broad SMARTS) is 1. The Morgan fingerprint density at radius 3 is 2.20 bits per heavy atom. The summed E-state index contributed by atoms with van der Waals surface area (Å²) in [6.45, 7) is 3.68. The first kappa shape index (κ1) is 41.6. The van der Waals surface area contributed by atoms with Gasteiger partial charge in [0.25, 0.3) is 5.91 Å². The number of halogens is 7. The molecule has 0 spiro atoms. The van der Waals surface area contributed by atoms with Crippen molar-refractivity contribution in [3.8, 4) is 5.75 Å². The van der Waals surface area contributed by atoms with Crippen LogP contribution in [0.4, 0.5) is 36.4 Å². The summed E-state index contributed by atoms with van der Waals surface area (Å²) in [6, 6.07) is 6.51. The molecule has 4 rings (SSSR count). The number of hydrogen-bond acceptors (Lipinski definition) is 7. The lowest BCUT2D eigenvalue weighted by atomic mass is 9.90. The number of carboxylic acids is 1. The summed E-state index contributed by atoms with van der Waals surface area (Å²) in [4.78, 5) is 37.3. The molecule has 0 radical (unpaired) electrons. The monoisotopic (exact) mass is 719 g/mol. The molecule has 276 valence electrons. The second-order valence-corrected chi connectivity index (χ2v) is 11.4. The van der Waals surface area contributed by atoms with E-state index < -0.39 is 42.7 Å². The van der Waals surface area contributed by atoms with E-state index in [1.165, 1.54) is 32.0 Å². The van der Waals surface area contributed by atoms with Gasteiger partial charge in [-0.15, -0.1) is 0 Å². The molecule has 2 aliphatic heterocycles. The van der Waals surface area contributed by atoms with E-state index in [1.807, 2.05) is 17.9 Å². The lowest BCUT2D eigenvalue weighted by Gasteiger charge is -2.29. The highest BCUT2D eigenvalue weighted by Crippen LogP contribution is 2.40. The molecule has 1 fully saturated rings. The number of aldehydes is 1. The van der Waals surface area contributed by atoms with E-state index in [1.54, 1.807) is 19.1 Å². The SMILES string of the molecule is CC(=C(/C=O)c1ccc(C)c2c1OCCC2)/C(=C\N(C)C)C(F)(F)F.Cc1cc(N2CCOCC2)cc(F)c1C(=O)NCC(=O)O.FC(F)F. The number of nitrogens with zero attached hydrogens (tertiary/aromatic N) is 2. The molecule has 2 N–H and O–H groups in total. The van der Waals surface area contributed by atoms with E-state index in [2.05, 4.69) is 5.32 Å². The predicted molar refractivity (Wildman–Crippen MR) is 173 cm³/mol. The number of amides is 1. The Morgan fingerprint density at radius 2 is 1.68 bits per heavy atom. The number of benzene rings is 2. The van der Waals surface area contributed by atoms with Gasteiger partial charge in [0, 0.05) is 50.2 Å². The average molecular weight is 720 g/mol. The molecule has 0 unspecified atom stereocenters. The van der Waals surface area contributed by atoms with Crippen molar-refractivity contribution >= 4 is 29.4 Å². The standard InChI is InChI=1S/C19H22F3NO2.C14H17FN2O4.CHF3/c1-12-7-8-15(18-14(12)6-5-9-25-18)16(11-24)13(2)17(10-23(3)4)19(20,21)22;1-9-6-10(17-2-4-21-5-3-17)7-11(15)13(9)14(20)16-8-12(18)19;2-1(3)4/h7-8,10-11H,5-6,9H2,1-4H3;6-7H,2-5,8H2,1H3,(H,16,20)(H,18,19);1H/b16-13+,17-10+;;. The first-order valence-electron chi connectivity index (χ1n) is 15.3. The fourth-order valence-electron chi connectivity index (χ4n) is 5.24. The normalized spacial score (nSPS) is 14.9. The van der Waals surface area contributed by atoms with Crippen molar-refractivity contribution in [2.75, 3.05) is 58.5 Å². The molecule has 2 heterocycles. The summed E-state index contributed by atoms with van der Waals surface area (Å²) in [5.74, 6) is -2.02. The van der Waals surface area contributed by atoms with Crippen molar-refractivity contribution < 1.29 is 59.7 Å². The van der Waals surface area contributed by atoms with Gasteiger partial charge in [-0.05, 0) is 68.0 Å². The maximum absolute atomic E-state index is 14.2. The Labute approximate surface area is 285 Å². The third-order valence-electron chi connectivity index (χ3n) is 7.50. The van der Waals surface area contributed by atoms with E-state index in [0.717, 1.165) is 30.2 Å². The first-order valence-corrected chi connectivity index (χ1v) is 15.3. The largest absolute Gasteiger partial charge is 0.493 e. The average Bonchev–Trinajstić information content (AvgIpc) is 3.03. The Hall–Kier alpha value is -4.60. The fourth-order valence-corrected chi connectivity index (χ4v) is 5.24. The Balaban J connectivity index is 0.000000317. The van der Waals surface area contributed by atoms with Crippen LogP contribution in [0.25, 0.3) is 5.57 Å². The summed E-state index contributed by atoms with van der Waals surface area (Å²) < 4.78 is 94.5. The minimum Gasteiger partial charge on any atom is -0.493 e. The molecule has 0 aliphatic carbocycles. The highest BCUT2D eigenvalue weighted by atomic mass is 19.4. The smallest absolute Gasteiger partial charge is 0.418 e. The highest BCUT2D eigenvalue weighted by Gasteiger charge is 2.36. The molecule has 50 heavy (non-hydrogen) atoms. The number of allylic oxidation sites excluding steroid dienone is 3. The van der Waals surface area contributed by atoms with E-state index in [9.17, 15) is 45.1 Å². The van der Waals surface area contributed by atoms with Crippen molar-refractivity contribution in [2.45, 2.75) is 46.5 Å². The van der Waals surface area contributed by atoms with Crippen molar-refractivity contribution in [1.29, 1.82) is 0 Å². The van der Waals surface area contributed by atoms with Crippen LogP contribution in [0.2, 0.25) is 0 Å². The van der Waals surface area contributed by atoms with Gasteiger partial charge >= 0.3 is 18.8 Å². The second kappa shape index (κ2) is 19.0. The Morgan fingerprint density at radius 1 is 1.06 bits per heavy atom. The summed E-state index contributed by atoms with van der Waals surface area (Å²) in [7, 11) is 3.02. The van der Waals surface area contributed by atoms with E-state index in [-0.39, 0.29) is 16.7 Å². The van der Waals surface area contributed by atoms with Crippen LogP contribution >= 0.6 is 0 Å². The van der Waals surface area contributed by atoms with Gasteiger partial charge < -0.3 is 29.7 Å². The van der Waals surface area contributed by atoms with E-state index >= 15 is 0 Å². The van der Waals surface area contributed by atoms with Crippen molar-refractivity contribution in [3.63, 3.8) is 0 Å². The summed E-state index contributed by atoms with van der Waals surface area (Å²) in [5, 5.41) is 10.7. The number of alkyl halides is 6. The van der Waals surface area contributed by atoms with Crippen LogP contribution in [0.3, 0.4) is 0 Å². The zero-order valence-corrected chi connectivity index (χ0v) is 28.2. The van der Waals surface area contributed by atoms with Gasteiger partial charge in [0.1, 0.15) is 18.1 Å². The van der Waals surface area contributed by atoms with Gasteiger partial charge in [0.05, 0.1) is 31.0 Å². The number of fused-ring (bicyclic) bond motifs is 1. The lowest BCUT2D eigenvalue weighted by Crippen LogP contribution is -2.36. The first-order chi connectivity index (χ1) is 23.4. The van der Waals surface area contributed by atoms with Crippen molar-refractivity contribution in [1.82, 2.24) is 10.2 Å². The molecule has 16 heteroatoms. The zero-order valence-electron chi connectivity index (χ0n) is 28.2. The van der Waals surface area contributed by atoms with Crippen LogP contribution in [0.15, 0.2) is 41.6 Å². The lowest BCUT2D eigenvalue weighted by molar-refractivity contribution is -0.135. The fraction of sp³-hybridized carbons (Fsp3) is 0.441. The van der Waals surface area contributed by atoms with Crippen LogP contribution in [0.5, 0.6) is 5.75 Å². The van der Waals surface area contributed by atoms with E-state index in [0.29, 0.717) is 61.8 Å². The van der Waals surface area contributed by atoms with Crippen molar-refractivity contribution in [3.05, 3.63) is 75.2 Å². The Bertz CT molecular complexity index is 1540. The second-order valence-electron chi connectivity index (χ2n) is 11.4. The molecule has 9 nitrogen and oxygen atoms in total. The van der Waals surface area contributed by atoms with Gasteiger partial charge in [-0.3, -0.25) is 14.4 Å². The van der Waals surface area contributed by atoms with Gasteiger partial charge in [-0.25, -0.2) is 4.39 Å². The van der Waals surface area contributed by atoms with Crippen LogP contribution < -0.4 is 15.0 Å². The minimum atomic E-state index is -4.56. The topological polar surface area (TPSA) is 108 Å². The molecule has 0 aromatic heterocycles. The van der Waals surface area contributed by atoms with Crippen molar-refractivity contribution in [2.24, 2.45) is 0 Å². The maximum Gasteiger partial charge on any atom is 0.418 e. The van der Waals surface area contributed by atoms with Crippen LogP contribution in [-0.2, 0) is 20.7 Å². The summed E-state index contributed by atoms with van der Waals surface area (Å²) >= 11 is 0. The number of hydrogen-bond donors (Lipinski definition) is 2. The number of ether oxygens (including phenoxy) is 2. The van der Waals surface area contributed by atoms with Crippen LogP contribution in [0, 0.1) is 19.7 Å². The quantitative estimate of drug-likeness (QED) is 0.143. The molecule has 0 saturated carbocycles. The highest BCUT2D eigenvalue weighted by molar-refractivity contribution is 6.10. The van der Waals surface area contributed by atoms with Crippen LogP contribution in [0.1, 0.15) is 46.0 Å². The number of carbonyl (C=O) groups excluding carboxylic acids is 2. The summed E-state index contributed by atoms with van der Waals surface area (Å²) in [6.07, 6.45) is -1.45. The number of anilines is 1.